The molecule has 1 aliphatic rings. The minimum Gasteiger partial charge on any atom is -0.316 e. The lowest BCUT2D eigenvalue weighted by Crippen LogP contribution is -2.45. The summed E-state index contributed by atoms with van der Waals surface area (Å²) in [5, 5.41) is 6.34. The van der Waals surface area contributed by atoms with Crippen LogP contribution in [0.15, 0.2) is 5.38 Å². The summed E-state index contributed by atoms with van der Waals surface area (Å²) >= 11 is 1.60. The average molecular weight is 252 g/mol. The number of aromatic nitrogens is 1. The molecule has 17 heavy (non-hydrogen) atoms. The molecule has 2 rings (SSSR count). The number of Topliss-reactive ketones (excluding diaryl/α,β-unsaturated/α-hetero) is 1. The molecule has 0 aliphatic carbocycles. The molecule has 1 aliphatic heterocycles. The van der Waals surface area contributed by atoms with Gasteiger partial charge in [-0.05, 0) is 32.7 Å². The van der Waals surface area contributed by atoms with Crippen molar-refractivity contribution in [1.82, 2.24) is 10.3 Å². The van der Waals surface area contributed by atoms with Gasteiger partial charge in [0, 0.05) is 23.0 Å². The van der Waals surface area contributed by atoms with Gasteiger partial charge >= 0.3 is 0 Å². The summed E-state index contributed by atoms with van der Waals surface area (Å²) in [4.78, 5) is 16.8. The van der Waals surface area contributed by atoms with Crippen LogP contribution in [0.4, 0.5) is 0 Å². The lowest BCUT2D eigenvalue weighted by molar-refractivity contribution is -0.129. The summed E-state index contributed by atoms with van der Waals surface area (Å²) in [6, 6.07) is 0. The molecular formula is C13H20N2OS. The summed E-state index contributed by atoms with van der Waals surface area (Å²) in [5.74, 6) is 0.363. The molecule has 0 amide bonds. The molecular weight excluding hydrogens is 232 g/mol. The van der Waals surface area contributed by atoms with Crippen LogP contribution in [0.25, 0.3) is 0 Å². The Labute approximate surface area is 107 Å². The third-order valence-corrected chi connectivity index (χ3v) is 4.69. The first-order valence-electron chi connectivity index (χ1n) is 6.31. The first-order valence-corrected chi connectivity index (χ1v) is 7.19. The number of rotatable bonds is 4. The number of nitrogens with one attached hydrogen (secondary N) is 1. The van der Waals surface area contributed by atoms with Crippen LogP contribution < -0.4 is 5.32 Å². The third kappa shape index (κ3) is 2.75. The predicted octanol–water partition coefficient (Wildman–Crippen LogP) is 2.34. The van der Waals surface area contributed by atoms with Gasteiger partial charge in [-0.3, -0.25) is 4.79 Å². The number of carbonyl (C=O) groups excluding carboxylic acids is 1. The quantitative estimate of drug-likeness (QED) is 0.894. The van der Waals surface area contributed by atoms with E-state index in [0.717, 1.165) is 43.1 Å². The molecule has 0 bridgehead atoms. The van der Waals surface area contributed by atoms with Crippen LogP contribution in [-0.4, -0.2) is 23.9 Å². The van der Waals surface area contributed by atoms with E-state index >= 15 is 0 Å². The van der Waals surface area contributed by atoms with Crippen LogP contribution >= 0.6 is 11.3 Å². The van der Waals surface area contributed by atoms with Crippen LogP contribution in [0, 0.1) is 12.3 Å². The first kappa shape index (κ1) is 12.7. The number of hydrogen-bond acceptors (Lipinski definition) is 4. The standard InChI is InChI=1S/C13H20N2OS/c1-3-13(5-4-6-14-9-13)11(16)7-12-15-10(2)8-17-12/h8,14H,3-7,9H2,1-2H3. The largest absolute Gasteiger partial charge is 0.316 e. The fraction of sp³-hybridized carbons (Fsp3) is 0.692. The molecule has 2 heterocycles. The maximum absolute atomic E-state index is 12.5. The minimum atomic E-state index is -0.141. The Bertz CT molecular complexity index is 394. The van der Waals surface area contributed by atoms with Crippen molar-refractivity contribution in [2.24, 2.45) is 5.41 Å². The molecule has 1 aromatic rings. The average Bonchev–Trinajstić information content (AvgIpc) is 2.75. The number of piperidine rings is 1. The number of thiazole rings is 1. The van der Waals surface area contributed by atoms with Crippen molar-refractivity contribution in [2.45, 2.75) is 39.5 Å². The number of ketones is 1. The van der Waals surface area contributed by atoms with Gasteiger partial charge in [-0.15, -0.1) is 11.3 Å². The molecule has 0 saturated carbocycles. The van der Waals surface area contributed by atoms with E-state index in [4.69, 9.17) is 0 Å². The zero-order chi connectivity index (χ0) is 12.3. The molecule has 3 nitrogen and oxygen atoms in total. The van der Waals surface area contributed by atoms with Crippen molar-refractivity contribution in [3.05, 3.63) is 16.1 Å². The van der Waals surface area contributed by atoms with E-state index in [-0.39, 0.29) is 5.41 Å². The van der Waals surface area contributed by atoms with Crippen molar-refractivity contribution < 1.29 is 4.79 Å². The van der Waals surface area contributed by atoms with E-state index in [1.54, 1.807) is 11.3 Å². The van der Waals surface area contributed by atoms with Gasteiger partial charge in [0.2, 0.25) is 0 Å². The summed E-state index contributed by atoms with van der Waals surface area (Å²) in [7, 11) is 0. The minimum absolute atomic E-state index is 0.141. The molecule has 94 valence electrons. The number of hydrogen-bond donors (Lipinski definition) is 1. The molecule has 1 atom stereocenters. The van der Waals surface area contributed by atoms with Crippen molar-refractivity contribution in [3.8, 4) is 0 Å². The summed E-state index contributed by atoms with van der Waals surface area (Å²) in [6.45, 7) is 5.98. The summed E-state index contributed by atoms with van der Waals surface area (Å²) in [5.41, 5.74) is 0.878. The van der Waals surface area contributed by atoms with E-state index in [9.17, 15) is 4.79 Å². The predicted molar refractivity (Wildman–Crippen MR) is 70.4 cm³/mol. The molecule has 1 aromatic heterocycles. The highest BCUT2D eigenvalue weighted by molar-refractivity contribution is 7.09. The normalized spacial score (nSPS) is 24.8. The maximum Gasteiger partial charge on any atom is 0.147 e. The van der Waals surface area contributed by atoms with Gasteiger partial charge in [-0.25, -0.2) is 4.98 Å². The Morgan fingerprint density at radius 1 is 1.65 bits per heavy atom. The fourth-order valence-electron chi connectivity index (χ4n) is 2.51. The second-order valence-electron chi connectivity index (χ2n) is 4.90. The van der Waals surface area contributed by atoms with Crippen molar-refractivity contribution >= 4 is 17.1 Å². The van der Waals surface area contributed by atoms with E-state index in [2.05, 4.69) is 17.2 Å². The summed E-state index contributed by atoms with van der Waals surface area (Å²) in [6.07, 6.45) is 3.58. The van der Waals surface area contributed by atoms with Gasteiger partial charge in [0.15, 0.2) is 0 Å². The van der Waals surface area contributed by atoms with Gasteiger partial charge < -0.3 is 5.32 Å². The lowest BCUT2D eigenvalue weighted by atomic mass is 9.74. The Balaban J connectivity index is 2.07. The van der Waals surface area contributed by atoms with Crippen LogP contribution in [0.5, 0.6) is 0 Å². The van der Waals surface area contributed by atoms with Gasteiger partial charge in [-0.2, -0.15) is 0 Å². The van der Waals surface area contributed by atoms with Crippen LogP contribution in [0.3, 0.4) is 0 Å². The zero-order valence-electron chi connectivity index (χ0n) is 10.6. The summed E-state index contributed by atoms with van der Waals surface area (Å²) < 4.78 is 0. The fourth-order valence-corrected chi connectivity index (χ4v) is 3.28. The smallest absolute Gasteiger partial charge is 0.147 e. The highest BCUT2D eigenvalue weighted by Crippen LogP contribution is 2.32. The molecule has 1 N–H and O–H groups in total. The number of aryl methyl sites for hydroxylation is 1. The monoisotopic (exact) mass is 252 g/mol. The molecule has 0 spiro atoms. The van der Waals surface area contributed by atoms with Crippen molar-refractivity contribution in [1.29, 1.82) is 0 Å². The second kappa shape index (κ2) is 5.27. The SMILES string of the molecule is CCC1(C(=O)Cc2nc(C)cs2)CCCNC1. The number of nitrogens with zero attached hydrogens (tertiary/aromatic N) is 1. The Hall–Kier alpha value is -0.740. The van der Waals surface area contributed by atoms with E-state index in [1.165, 1.54) is 0 Å². The van der Waals surface area contributed by atoms with E-state index < -0.39 is 0 Å². The Morgan fingerprint density at radius 2 is 2.47 bits per heavy atom. The lowest BCUT2D eigenvalue weighted by Gasteiger charge is -2.35. The van der Waals surface area contributed by atoms with Crippen LogP contribution in [0.2, 0.25) is 0 Å². The second-order valence-corrected chi connectivity index (χ2v) is 5.84. The van der Waals surface area contributed by atoms with Crippen molar-refractivity contribution in [2.75, 3.05) is 13.1 Å². The van der Waals surface area contributed by atoms with E-state index in [0.29, 0.717) is 12.2 Å². The van der Waals surface area contributed by atoms with E-state index in [1.807, 2.05) is 12.3 Å². The highest BCUT2D eigenvalue weighted by Gasteiger charge is 2.37. The maximum atomic E-state index is 12.5. The molecule has 1 fully saturated rings. The molecule has 1 saturated heterocycles. The molecule has 4 heteroatoms. The highest BCUT2D eigenvalue weighted by atomic mass is 32.1. The van der Waals surface area contributed by atoms with Gasteiger partial charge in [0.1, 0.15) is 10.8 Å². The van der Waals surface area contributed by atoms with Crippen LogP contribution in [0.1, 0.15) is 36.9 Å². The third-order valence-electron chi connectivity index (χ3n) is 3.72. The van der Waals surface area contributed by atoms with Gasteiger partial charge in [0.25, 0.3) is 0 Å². The Kier molecular flexibility index (Phi) is 3.94. The Morgan fingerprint density at radius 3 is 3.00 bits per heavy atom. The molecule has 1 unspecified atom stereocenters. The van der Waals surface area contributed by atoms with Gasteiger partial charge in [-0.1, -0.05) is 6.92 Å². The van der Waals surface area contributed by atoms with Crippen LogP contribution in [-0.2, 0) is 11.2 Å². The topological polar surface area (TPSA) is 42.0 Å². The first-order chi connectivity index (χ1) is 8.16. The zero-order valence-corrected chi connectivity index (χ0v) is 11.4. The van der Waals surface area contributed by atoms with Crippen molar-refractivity contribution in [3.63, 3.8) is 0 Å². The number of carbonyl (C=O) groups is 1. The molecule has 0 radical (unpaired) electrons. The van der Waals surface area contributed by atoms with Gasteiger partial charge in [0.05, 0.1) is 6.42 Å². The molecule has 0 aromatic carbocycles.